The third-order valence-corrected chi connectivity index (χ3v) is 5.64. The van der Waals surface area contributed by atoms with Gasteiger partial charge in [0.25, 0.3) is 0 Å². The number of thiophene rings is 1. The number of rotatable bonds is 6. The maximum Gasteiger partial charge on any atom is 0.341 e. The number of carbonyl (C=O) groups excluding carboxylic acids is 2. The Hall–Kier alpha value is -2.22. The van der Waals surface area contributed by atoms with Crippen molar-refractivity contribution in [2.24, 2.45) is 0 Å². The molecule has 2 aromatic rings. The van der Waals surface area contributed by atoms with Crippen LogP contribution in [-0.4, -0.2) is 56.2 Å². The summed E-state index contributed by atoms with van der Waals surface area (Å²) in [6, 6.07) is 9.84. The van der Waals surface area contributed by atoms with Crippen molar-refractivity contribution in [2.45, 2.75) is 13.8 Å². The zero-order valence-electron chi connectivity index (χ0n) is 15.6. The van der Waals surface area contributed by atoms with Crippen LogP contribution in [0, 0.1) is 6.92 Å². The van der Waals surface area contributed by atoms with Crippen molar-refractivity contribution in [1.29, 1.82) is 0 Å². The Morgan fingerprint density at radius 3 is 2.59 bits per heavy atom. The molecule has 0 saturated carbocycles. The molecule has 1 fully saturated rings. The molecular formula is C20H24N2O4S. The number of esters is 1. The van der Waals surface area contributed by atoms with Crippen molar-refractivity contribution >= 4 is 28.2 Å². The average Bonchev–Trinajstić information content (AvgIpc) is 2.99. The molecule has 0 radical (unpaired) electrons. The SMILES string of the molecule is CCOC(=O)c1c(NC(=O)CN2CCOCC2)sc(-c2ccccc2)c1C. The molecule has 1 saturated heterocycles. The third kappa shape index (κ3) is 4.74. The molecule has 1 aromatic carbocycles. The highest BCUT2D eigenvalue weighted by atomic mass is 32.1. The summed E-state index contributed by atoms with van der Waals surface area (Å²) in [7, 11) is 0. The lowest BCUT2D eigenvalue weighted by Crippen LogP contribution is -2.41. The normalized spacial score (nSPS) is 14.7. The lowest BCUT2D eigenvalue weighted by atomic mass is 10.1. The summed E-state index contributed by atoms with van der Waals surface area (Å²) in [5.41, 5.74) is 2.28. The lowest BCUT2D eigenvalue weighted by molar-refractivity contribution is -0.118. The van der Waals surface area contributed by atoms with E-state index < -0.39 is 5.97 Å². The number of hydrogen-bond donors (Lipinski definition) is 1. The van der Waals surface area contributed by atoms with Gasteiger partial charge < -0.3 is 14.8 Å². The van der Waals surface area contributed by atoms with E-state index in [4.69, 9.17) is 9.47 Å². The van der Waals surface area contributed by atoms with E-state index in [1.165, 1.54) is 11.3 Å². The van der Waals surface area contributed by atoms with Gasteiger partial charge in [0.1, 0.15) is 5.00 Å². The van der Waals surface area contributed by atoms with Gasteiger partial charge in [-0.3, -0.25) is 9.69 Å². The van der Waals surface area contributed by atoms with Gasteiger partial charge in [-0.1, -0.05) is 30.3 Å². The van der Waals surface area contributed by atoms with Crippen LogP contribution in [0.15, 0.2) is 30.3 Å². The van der Waals surface area contributed by atoms with Gasteiger partial charge in [0.15, 0.2) is 0 Å². The predicted molar refractivity (Wildman–Crippen MR) is 106 cm³/mol. The second-order valence-electron chi connectivity index (χ2n) is 6.28. The number of ether oxygens (including phenoxy) is 2. The van der Waals surface area contributed by atoms with Crippen molar-refractivity contribution in [3.8, 4) is 10.4 Å². The van der Waals surface area contributed by atoms with Crippen LogP contribution in [0.2, 0.25) is 0 Å². The molecule has 1 aliphatic heterocycles. The second-order valence-corrected chi connectivity index (χ2v) is 7.30. The maximum absolute atomic E-state index is 12.5. The van der Waals surface area contributed by atoms with Crippen LogP contribution >= 0.6 is 11.3 Å². The molecule has 27 heavy (non-hydrogen) atoms. The Balaban J connectivity index is 1.85. The maximum atomic E-state index is 12.5. The van der Waals surface area contributed by atoms with Crippen molar-refractivity contribution < 1.29 is 19.1 Å². The molecular weight excluding hydrogens is 364 g/mol. The van der Waals surface area contributed by atoms with E-state index in [1.54, 1.807) is 6.92 Å². The van der Waals surface area contributed by atoms with Crippen molar-refractivity contribution in [3.05, 3.63) is 41.5 Å². The highest BCUT2D eigenvalue weighted by Gasteiger charge is 2.25. The number of amides is 1. The number of anilines is 1. The largest absolute Gasteiger partial charge is 0.462 e. The molecule has 0 atom stereocenters. The fourth-order valence-corrected chi connectivity index (χ4v) is 4.26. The highest BCUT2D eigenvalue weighted by molar-refractivity contribution is 7.20. The van der Waals surface area contributed by atoms with Crippen molar-refractivity contribution in [3.63, 3.8) is 0 Å². The van der Waals surface area contributed by atoms with Crippen LogP contribution in [0.1, 0.15) is 22.8 Å². The first-order valence-electron chi connectivity index (χ1n) is 9.06. The molecule has 1 aromatic heterocycles. The summed E-state index contributed by atoms with van der Waals surface area (Å²) in [5, 5.41) is 3.47. The third-order valence-electron chi connectivity index (χ3n) is 4.39. The van der Waals surface area contributed by atoms with Gasteiger partial charge in [0.2, 0.25) is 5.91 Å². The van der Waals surface area contributed by atoms with Crippen LogP contribution in [0.3, 0.4) is 0 Å². The summed E-state index contributed by atoms with van der Waals surface area (Å²) in [6.07, 6.45) is 0. The van der Waals surface area contributed by atoms with Crippen LogP contribution < -0.4 is 5.32 Å². The van der Waals surface area contributed by atoms with Crippen molar-refractivity contribution in [2.75, 3.05) is 44.8 Å². The standard InChI is InChI=1S/C20H24N2O4S/c1-3-26-20(24)17-14(2)18(15-7-5-4-6-8-15)27-19(17)21-16(23)13-22-9-11-25-12-10-22/h4-8H,3,9-13H2,1-2H3,(H,21,23). The van der Waals surface area contributed by atoms with Gasteiger partial charge >= 0.3 is 5.97 Å². The number of hydrogen-bond acceptors (Lipinski definition) is 6. The number of carbonyl (C=O) groups is 2. The average molecular weight is 388 g/mol. The molecule has 1 aliphatic rings. The minimum Gasteiger partial charge on any atom is -0.462 e. The van der Waals surface area contributed by atoms with E-state index in [-0.39, 0.29) is 19.1 Å². The zero-order valence-corrected chi connectivity index (χ0v) is 16.4. The number of nitrogens with zero attached hydrogens (tertiary/aromatic N) is 1. The fourth-order valence-electron chi connectivity index (χ4n) is 3.04. The Morgan fingerprint density at radius 2 is 1.93 bits per heavy atom. The molecule has 1 N–H and O–H groups in total. The monoisotopic (exact) mass is 388 g/mol. The molecule has 1 amide bonds. The Morgan fingerprint density at radius 1 is 1.22 bits per heavy atom. The van der Waals surface area contributed by atoms with Gasteiger partial charge in [-0.05, 0) is 25.0 Å². The van der Waals surface area contributed by atoms with Gasteiger partial charge in [0.05, 0.1) is 31.9 Å². The Labute approximate surface area is 163 Å². The highest BCUT2D eigenvalue weighted by Crippen LogP contribution is 2.40. The number of morpholine rings is 1. The predicted octanol–water partition coefficient (Wildman–Crippen LogP) is 3.17. The molecule has 6 nitrogen and oxygen atoms in total. The Bertz CT molecular complexity index is 798. The minimum atomic E-state index is -0.407. The first-order chi connectivity index (χ1) is 13.1. The van der Waals surface area contributed by atoms with Crippen molar-refractivity contribution in [1.82, 2.24) is 4.90 Å². The van der Waals surface area contributed by atoms with E-state index in [1.807, 2.05) is 42.2 Å². The first-order valence-corrected chi connectivity index (χ1v) is 9.87. The van der Waals surface area contributed by atoms with E-state index in [2.05, 4.69) is 5.32 Å². The van der Waals surface area contributed by atoms with E-state index >= 15 is 0 Å². The summed E-state index contributed by atoms with van der Waals surface area (Å²) in [4.78, 5) is 28.0. The van der Waals surface area contributed by atoms with Crippen LogP contribution in [0.5, 0.6) is 0 Å². The molecule has 0 bridgehead atoms. The summed E-state index contributed by atoms with van der Waals surface area (Å²) in [5.74, 6) is -0.543. The van der Waals surface area contributed by atoms with Crippen LogP contribution in [0.4, 0.5) is 5.00 Å². The van der Waals surface area contributed by atoms with E-state index in [0.717, 1.165) is 29.1 Å². The summed E-state index contributed by atoms with van der Waals surface area (Å²) in [6.45, 7) is 6.97. The molecule has 144 valence electrons. The fraction of sp³-hybridized carbons (Fsp3) is 0.400. The first kappa shape index (κ1) is 19.5. The molecule has 7 heteroatoms. The molecule has 0 unspecified atom stereocenters. The molecule has 2 heterocycles. The topological polar surface area (TPSA) is 67.9 Å². The van der Waals surface area contributed by atoms with Gasteiger partial charge in [-0.2, -0.15) is 0 Å². The van der Waals surface area contributed by atoms with Gasteiger partial charge in [-0.25, -0.2) is 4.79 Å². The van der Waals surface area contributed by atoms with Gasteiger partial charge in [0, 0.05) is 18.0 Å². The molecule has 0 aliphatic carbocycles. The Kier molecular flexibility index (Phi) is 6.60. The minimum absolute atomic E-state index is 0.136. The van der Waals surface area contributed by atoms with Crippen LogP contribution in [-0.2, 0) is 14.3 Å². The zero-order chi connectivity index (χ0) is 19.2. The van der Waals surface area contributed by atoms with Gasteiger partial charge in [-0.15, -0.1) is 11.3 Å². The van der Waals surface area contributed by atoms with E-state index in [0.29, 0.717) is 23.8 Å². The quantitative estimate of drug-likeness (QED) is 0.770. The smallest absolute Gasteiger partial charge is 0.341 e. The lowest BCUT2D eigenvalue weighted by Gasteiger charge is -2.25. The summed E-state index contributed by atoms with van der Waals surface area (Å²) < 4.78 is 10.5. The second kappa shape index (κ2) is 9.12. The number of nitrogens with one attached hydrogen (secondary N) is 1. The molecule has 0 spiro atoms. The van der Waals surface area contributed by atoms with Crippen LogP contribution in [0.25, 0.3) is 10.4 Å². The summed E-state index contributed by atoms with van der Waals surface area (Å²) >= 11 is 1.41. The molecule has 3 rings (SSSR count). The number of benzene rings is 1. The van der Waals surface area contributed by atoms with E-state index in [9.17, 15) is 9.59 Å².